The third kappa shape index (κ3) is 4.47. The number of hydrogen-bond acceptors (Lipinski definition) is 2. The molecule has 8 heteroatoms. The van der Waals surface area contributed by atoms with Gasteiger partial charge in [-0.05, 0) is 17.7 Å². The number of benzene rings is 1. The Kier molecular flexibility index (Phi) is 5.94. The lowest BCUT2D eigenvalue weighted by Crippen LogP contribution is -2.41. The molecule has 2 rings (SSSR count). The molecule has 0 unspecified atom stereocenters. The van der Waals surface area contributed by atoms with Gasteiger partial charge in [0, 0.05) is 26.1 Å². The van der Waals surface area contributed by atoms with Crippen LogP contribution in [0.2, 0.25) is 10.0 Å². The Balaban J connectivity index is 1.95. The number of halogens is 6. The van der Waals surface area contributed by atoms with Gasteiger partial charge in [0.05, 0.1) is 22.8 Å². The molecule has 1 aromatic carbocycles. The van der Waals surface area contributed by atoms with Crippen molar-refractivity contribution in [2.45, 2.75) is 24.9 Å². The van der Waals surface area contributed by atoms with Gasteiger partial charge in [0.2, 0.25) is 0 Å². The van der Waals surface area contributed by atoms with Crippen molar-refractivity contribution in [1.82, 2.24) is 4.90 Å². The lowest BCUT2D eigenvalue weighted by Gasteiger charge is -2.34. The van der Waals surface area contributed by atoms with Gasteiger partial charge >= 0.3 is 12.3 Å². The van der Waals surface area contributed by atoms with Crippen molar-refractivity contribution in [1.29, 1.82) is 0 Å². The highest BCUT2D eigenvalue weighted by Crippen LogP contribution is 2.30. The van der Waals surface area contributed by atoms with E-state index in [-0.39, 0.29) is 12.6 Å². The third-order valence-electron chi connectivity index (χ3n) is 3.55. The number of ether oxygens (including phenoxy) is 1. The Morgan fingerprint density at radius 2 is 2.00 bits per heavy atom. The fourth-order valence-corrected chi connectivity index (χ4v) is 2.54. The summed E-state index contributed by atoms with van der Waals surface area (Å²) in [5.74, 6) is -3.96. The van der Waals surface area contributed by atoms with Gasteiger partial charge in [-0.1, -0.05) is 29.3 Å². The predicted octanol–water partition coefficient (Wildman–Crippen LogP) is 4.66. The Hall–Kier alpha value is -0.560. The lowest BCUT2D eigenvalue weighted by molar-refractivity contribution is -0.139. The topological polar surface area (TPSA) is 12.5 Å². The maximum absolute atomic E-state index is 13.0. The summed E-state index contributed by atoms with van der Waals surface area (Å²) in [6, 6.07) is 5.04. The van der Waals surface area contributed by atoms with Gasteiger partial charge in [-0.3, -0.25) is 4.90 Å². The molecular formula is C14H15Cl2F4NO. The zero-order chi connectivity index (χ0) is 16.3. The predicted molar refractivity (Wildman–Crippen MR) is 77.2 cm³/mol. The second-order valence-electron chi connectivity index (χ2n) is 5.15. The molecule has 0 spiro atoms. The summed E-state index contributed by atoms with van der Waals surface area (Å²) in [6.07, 6.45) is -4.86. The Labute approximate surface area is 135 Å². The largest absolute Gasteiger partial charge is 0.371 e. The summed E-state index contributed by atoms with van der Waals surface area (Å²) in [7, 11) is 0. The summed E-state index contributed by atoms with van der Waals surface area (Å²) in [5, 5.41) is 0.791. The van der Waals surface area contributed by atoms with Gasteiger partial charge in [-0.2, -0.15) is 0 Å². The lowest BCUT2D eigenvalue weighted by atomic mass is 10.1. The fraction of sp³-hybridized carbons (Fsp3) is 0.571. The maximum atomic E-state index is 13.0. The molecule has 0 bridgehead atoms. The first-order valence-electron chi connectivity index (χ1n) is 6.74. The van der Waals surface area contributed by atoms with E-state index in [1.807, 2.05) is 0 Å². The molecule has 0 saturated carbocycles. The van der Waals surface area contributed by atoms with E-state index in [1.165, 1.54) is 0 Å². The number of rotatable bonds is 5. The molecular weight excluding hydrogens is 345 g/mol. The molecule has 1 atom stereocenters. The van der Waals surface area contributed by atoms with Gasteiger partial charge in [0.15, 0.2) is 0 Å². The maximum Gasteiger partial charge on any atom is 0.308 e. The van der Waals surface area contributed by atoms with E-state index in [9.17, 15) is 17.6 Å². The third-order valence-corrected chi connectivity index (χ3v) is 4.29. The molecule has 0 radical (unpaired) electrons. The minimum atomic E-state index is -3.96. The molecule has 0 amide bonds. The van der Waals surface area contributed by atoms with Gasteiger partial charge in [-0.15, -0.1) is 0 Å². The molecule has 1 aliphatic rings. The van der Waals surface area contributed by atoms with Crippen LogP contribution < -0.4 is 0 Å². The van der Waals surface area contributed by atoms with Crippen LogP contribution in [0.3, 0.4) is 0 Å². The van der Waals surface area contributed by atoms with E-state index in [1.54, 1.807) is 23.1 Å². The quantitative estimate of drug-likeness (QED) is 0.709. The second kappa shape index (κ2) is 7.34. The first kappa shape index (κ1) is 17.8. The minimum absolute atomic E-state index is 0.113. The highest BCUT2D eigenvalue weighted by molar-refractivity contribution is 6.42. The van der Waals surface area contributed by atoms with Crippen molar-refractivity contribution in [3.05, 3.63) is 33.8 Å². The molecule has 0 aliphatic carbocycles. The van der Waals surface area contributed by atoms with Crippen LogP contribution in [0, 0.1) is 0 Å². The number of morpholine rings is 1. The standard InChI is InChI=1S/C14H15Cl2F4NO/c15-10-2-1-9(7-11(10)16)12-8-21(5-6-22-12)4-3-14(19,20)13(17)18/h1-2,7,12-13H,3-6,8H2/t12-/m1/s1. The van der Waals surface area contributed by atoms with Crippen LogP contribution in [0.15, 0.2) is 18.2 Å². The monoisotopic (exact) mass is 359 g/mol. The molecule has 124 valence electrons. The van der Waals surface area contributed by atoms with Gasteiger partial charge in [0.25, 0.3) is 0 Å². The van der Waals surface area contributed by atoms with E-state index in [0.29, 0.717) is 29.7 Å². The summed E-state index contributed by atoms with van der Waals surface area (Å²) in [5.41, 5.74) is 0.778. The van der Waals surface area contributed by atoms with Gasteiger partial charge in [-0.25, -0.2) is 17.6 Å². The van der Waals surface area contributed by atoms with Crippen LogP contribution in [0.25, 0.3) is 0 Å². The number of hydrogen-bond donors (Lipinski definition) is 0. The van der Waals surface area contributed by atoms with Crippen LogP contribution in [-0.4, -0.2) is 43.5 Å². The molecule has 1 saturated heterocycles. The number of alkyl halides is 4. The van der Waals surface area contributed by atoms with Crippen molar-refractivity contribution < 1.29 is 22.3 Å². The van der Waals surface area contributed by atoms with Crippen molar-refractivity contribution in [2.24, 2.45) is 0 Å². The average molecular weight is 360 g/mol. The highest BCUT2D eigenvalue weighted by Gasteiger charge is 2.40. The molecule has 0 N–H and O–H groups in total. The summed E-state index contributed by atoms with van der Waals surface area (Å²) in [6.45, 7) is 0.998. The van der Waals surface area contributed by atoms with E-state index in [0.717, 1.165) is 5.56 Å². The molecule has 1 heterocycles. The highest BCUT2D eigenvalue weighted by atomic mass is 35.5. The molecule has 1 aliphatic heterocycles. The Bertz CT molecular complexity index is 516. The first-order chi connectivity index (χ1) is 10.3. The summed E-state index contributed by atoms with van der Waals surface area (Å²) >= 11 is 11.8. The fourth-order valence-electron chi connectivity index (χ4n) is 2.24. The minimum Gasteiger partial charge on any atom is -0.371 e. The van der Waals surface area contributed by atoms with E-state index < -0.39 is 18.8 Å². The zero-order valence-corrected chi connectivity index (χ0v) is 13.1. The van der Waals surface area contributed by atoms with Gasteiger partial charge in [0.1, 0.15) is 0 Å². The average Bonchev–Trinajstić information content (AvgIpc) is 2.48. The normalized spacial score (nSPS) is 20.6. The molecule has 22 heavy (non-hydrogen) atoms. The molecule has 1 fully saturated rings. The molecule has 1 aromatic rings. The SMILES string of the molecule is FC(F)C(F)(F)CCN1CCO[C@@H](c2ccc(Cl)c(Cl)c2)C1. The van der Waals surface area contributed by atoms with Crippen molar-refractivity contribution in [2.75, 3.05) is 26.2 Å². The zero-order valence-electron chi connectivity index (χ0n) is 11.5. The van der Waals surface area contributed by atoms with Crippen molar-refractivity contribution >= 4 is 23.2 Å². The van der Waals surface area contributed by atoms with Crippen molar-refractivity contribution in [3.63, 3.8) is 0 Å². The van der Waals surface area contributed by atoms with E-state index in [2.05, 4.69) is 0 Å². The summed E-state index contributed by atoms with van der Waals surface area (Å²) in [4.78, 5) is 1.69. The van der Waals surface area contributed by atoms with Gasteiger partial charge < -0.3 is 4.74 Å². The van der Waals surface area contributed by atoms with E-state index >= 15 is 0 Å². The van der Waals surface area contributed by atoms with Crippen LogP contribution in [-0.2, 0) is 4.74 Å². The van der Waals surface area contributed by atoms with Crippen LogP contribution in [0.4, 0.5) is 17.6 Å². The Morgan fingerprint density at radius 1 is 1.27 bits per heavy atom. The van der Waals surface area contributed by atoms with E-state index in [4.69, 9.17) is 27.9 Å². The van der Waals surface area contributed by atoms with Crippen molar-refractivity contribution in [3.8, 4) is 0 Å². The smallest absolute Gasteiger partial charge is 0.308 e. The number of nitrogens with zero attached hydrogens (tertiary/aromatic N) is 1. The van der Waals surface area contributed by atoms with Crippen LogP contribution in [0.5, 0.6) is 0 Å². The molecule has 0 aromatic heterocycles. The second-order valence-corrected chi connectivity index (χ2v) is 5.96. The summed E-state index contributed by atoms with van der Waals surface area (Å²) < 4.78 is 55.9. The first-order valence-corrected chi connectivity index (χ1v) is 7.50. The van der Waals surface area contributed by atoms with Crippen LogP contribution in [0.1, 0.15) is 18.1 Å². The molecule has 2 nitrogen and oxygen atoms in total. The van der Waals surface area contributed by atoms with Crippen LogP contribution >= 0.6 is 23.2 Å². The Morgan fingerprint density at radius 3 is 2.64 bits per heavy atom.